The van der Waals surface area contributed by atoms with E-state index >= 15 is 0 Å². The third-order valence-corrected chi connectivity index (χ3v) is 4.12. The van der Waals surface area contributed by atoms with Crippen molar-refractivity contribution in [2.45, 2.75) is 25.3 Å². The number of halogens is 2. The van der Waals surface area contributed by atoms with Crippen molar-refractivity contribution < 1.29 is 4.79 Å². The average molecular weight is 362 g/mol. The zero-order valence-corrected chi connectivity index (χ0v) is 12.5. The van der Waals surface area contributed by atoms with Gasteiger partial charge in [-0.1, -0.05) is 6.07 Å². The van der Waals surface area contributed by atoms with E-state index in [0.717, 1.165) is 34.0 Å². The van der Waals surface area contributed by atoms with Crippen LogP contribution in [0.1, 0.15) is 19.3 Å². The van der Waals surface area contributed by atoms with Gasteiger partial charge in [0, 0.05) is 28.0 Å². The number of amides is 1. The van der Waals surface area contributed by atoms with Crippen molar-refractivity contribution in [3.05, 3.63) is 27.1 Å². The topological polar surface area (TPSA) is 41.1 Å². The second-order valence-electron chi connectivity index (χ2n) is 4.13. The Kier molecular flexibility index (Phi) is 4.45. The van der Waals surface area contributed by atoms with Crippen LogP contribution < -0.4 is 10.6 Å². The van der Waals surface area contributed by atoms with Gasteiger partial charge in [-0.3, -0.25) is 4.79 Å². The minimum atomic E-state index is 0.128. The lowest BCUT2D eigenvalue weighted by atomic mass is 10.1. The molecule has 1 aromatic carbocycles. The van der Waals surface area contributed by atoms with Gasteiger partial charge < -0.3 is 10.6 Å². The maximum Gasteiger partial charge on any atom is 0.222 e. The minimum absolute atomic E-state index is 0.128. The zero-order chi connectivity index (χ0) is 12.3. The van der Waals surface area contributed by atoms with Crippen LogP contribution in [0, 0.1) is 0 Å². The van der Waals surface area contributed by atoms with Crippen LogP contribution in [-0.2, 0) is 4.79 Å². The SMILES string of the molecule is O=C1CC(Nc2c(Br)cccc2Br)CCCN1. The van der Waals surface area contributed by atoms with Crippen LogP contribution in [0.25, 0.3) is 0 Å². The molecule has 0 saturated carbocycles. The molecule has 1 saturated heterocycles. The first kappa shape index (κ1) is 12.9. The molecule has 5 heteroatoms. The first-order chi connectivity index (χ1) is 8.16. The Morgan fingerprint density at radius 3 is 2.71 bits per heavy atom. The molecule has 0 bridgehead atoms. The predicted octanol–water partition coefficient (Wildman–Crippen LogP) is 3.29. The lowest BCUT2D eigenvalue weighted by molar-refractivity contribution is -0.120. The van der Waals surface area contributed by atoms with Crippen molar-refractivity contribution in [3.63, 3.8) is 0 Å². The van der Waals surface area contributed by atoms with Gasteiger partial charge in [0.1, 0.15) is 0 Å². The first-order valence-electron chi connectivity index (χ1n) is 5.64. The van der Waals surface area contributed by atoms with Gasteiger partial charge in [0.25, 0.3) is 0 Å². The number of para-hydroxylation sites is 1. The van der Waals surface area contributed by atoms with Gasteiger partial charge in [0.05, 0.1) is 5.69 Å². The van der Waals surface area contributed by atoms with Gasteiger partial charge in [-0.05, 0) is 56.8 Å². The largest absolute Gasteiger partial charge is 0.380 e. The van der Waals surface area contributed by atoms with Gasteiger partial charge >= 0.3 is 0 Å². The van der Waals surface area contributed by atoms with Gasteiger partial charge in [-0.15, -0.1) is 0 Å². The van der Waals surface area contributed by atoms with Crippen LogP contribution in [0.2, 0.25) is 0 Å². The molecular weight excluding hydrogens is 348 g/mol. The van der Waals surface area contributed by atoms with Crippen molar-refractivity contribution >= 4 is 43.5 Å². The Bertz CT molecular complexity index is 403. The fourth-order valence-electron chi connectivity index (χ4n) is 1.94. The summed E-state index contributed by atoms with van der Waals surface area (Å²) in [5.74, 6) is 0.128. The standard InChI is InChI=1S/C12H14Br2N2O/c13-9-4-1-5-10(14)12(9)16-8-3-2-6-15-11(17)7-8/h1,4-5,8,16H,2-3,6-7H2,(H,15,17). The molecule has 17 heavy (non-hydrogen) atoms. The summed E-state index contributed by atoms with van der Waals surface area (Å²) in [6.07, 6.45) is 2.56. The van der Waals surface area contributed by atoms with Crippen LogP contribution >= 0.6 is 31.9 Å². The predicted molar refractivity (Wildman–Crippen MR) is 76.1 cm³/mol. The summed E-state index contributed by atoms with van der Waals surface area (Å²) < 4.78 is 2.02. The van der Waals surface area contributed by atoms with Crippen LogP contribution in [0.15, 0.2) is 27.1 Å². The summed E-state index contributed by atoms with van der Waals surface area (Å²) in [5.41, 5.74) is 1.02. The summed E-state index contributed by atoms with van der Waals surface area (Å²) >= 11 is 7.03. The smallest absolute Gasteiger partial charge is 0.222 e. The molecular formula is C12H14Br2N2O. The third-order valence-electron chi connectivity index (χ3n) is 2.79. The van der Waals surface area contributed by atoms with E-state index < -0.39 is 0 Å². The number of rotatable bonds is 2. The molecule has 1 aliphatic rings. The van der Waals surface area contributed by atoms with Crippen molar-refractivity contribution in [1.82, 2.24) is 5.32 Å². The Labute approximate surface area is 118 Å². The molecule has 1 amide bonds. The van der Waals surface area contributed by atoms with Crippen molar-refractivity contribution in [1.29, 1.82) is 0 Å². The number of hydrogen-bond acceptors (Lipinski definition) is 2. The van der Waals surface area contributed by atoms with E-state index in [2.05, 4.69) is 42.5 Å². The van der Waals surface area contributed by atoms with Crippen LogP contribution in [0.4, 0.5) is 5.69 Å². The summed E-state index contributed by atoms with van der Waals surface area (Å²) in [5, 5.41) is 6.32. The summed E-state index contributed by atoms with van der Waals surface area (Å²) in [6.45, 7) is 0.786. The van der Waals surface area contributed by atoms with E-state index in [-0.39, 0.29) is 11.9 Å². The van der Waals surface area contributed by atoms with Crippen LogP contribution in [0.3, 0.4) is 0 Å². The summed E-state index contributed by atoms with van der Waals surface area (Å²) in [7, 11) is 0. The molecule has 92 valence electrons. The Morgan fingerprint density at radius 2 is 2.00 bits per heavy atom. The highest BCUT2D eigenvalue weighted by Crippen LogP contribution is 2.32. The zero-order valence-electron chi connectivity index (χ0n) is 9.30. The monoisotopic (exact) mass is 360 g/mol. The average Bonchev–Trinajstić information content (AvgIpc) is 2.48. The molecule has 1 unspecified atom stereocenters. The highest BCUT2D eigenvalue weighted by Gasteiger charge is 2.18. The molecule has 0 aliphatic carbocycles. The lowest BCUT2D eigenvalue weighted by Crippen LogP contribution is -2.27. The second kappa shape index (κ2) is 5.87. The molecule has 1 aliphatic heterocycles. The lowest BCUT2D eigenvalue weighted by Gasteiger charge is -2.18. The quantitative estimate of drug-likeness (QED) is 0.848. The number of benzene rings is 1. The molecule has 0 aromatic heterocycles. The van der Waals surface area contributed by atoms with E-state index in [1.165, 1.54) is 0 Å². The van der Waals surface area contributed by atoms with Crippen LogP contribution in [0.5, 0.6) is 0 Å². The minimum Gasteiger partial charge on any atom is -0.380 e. The van der Waals surface area contributed by atoms with Gasteiger partial charge in [0.15, 0.2) is 0 Å². The van der Waals surface area contributed by atoms with E-state index in [0.29, 0.717) is 6.42 Å². The Balaban J connectivity index is 2.11. The van der Waals surface area contributed by atoms with E-state index in [1.807, 2.05) is 18.2 Å². The summed E-state index contributed by atoms with van der Waals surface area (Å²) in [6, 6.07) is 6.15. The Hall–Kier alpha value is -0.550. The molecule has 1 atom stereocenters. The molecule has 0 radical (unpaired) electrons. The molecule has 2 rings (SSSR count). The summed E-state index contributed by atoms with van der Waals surface area (Å²) in [4.78, 5) is 11.5. The maximum atomic E-state index is 11.5. The fourth-order valence-corrected chi connectivity index (χ4v) is 3.16. The second-order valence-corrected chi connectivity index (χ2v) is 5.84. The maximum absolute atomic E-state index is 11.5. The normalized spacial score (nSPS) is 20.6. The van der Waals surface area contributed by atoms with Crippen molar-refractivity contribution in [3.8, 4) is 0 Å². The number of carbonyl (C=O) groups is 1. The third kappa shape index (κ3) is 3.45. The number of carbonyl (C=O) groups excluding carboxylic acids is 1. The molecule has 1 fully saturated rings. The molecule has 0 spiro atoms. The van der Waals surface area contributed by atoms with Crippen LogP contribution in [-0.4, -0.2) is 18.5 Å². The molecule has 1 heterocycles. The van der Waals surface area contributed by atoms with Gasteiger partial charge in [0.2, 0.25) is 5.91 Å². The van der Waals surface area contributed by atoms with Gasteiger partial charge in [-0.2, -0.15) is 0 Å². The number of anilines is 1. The number of nitrogens with one attached hydrogen (secondary N) is 2. The van der Waals surface area contributed by atoms with Crippen molar-refractivity contribution in [2.24, 2.45) is 0 Å². The molecule has 2 N–H and O–H groups in total. The fraction of sp³-hybridized carbons (Fsp3) is 0.417. The highest BCUT2D eigenvalue weighted by molar-refractivity contribution is 9.11. The number of hydrogen-bond donors (Lipinski definition) is 2. The van der Waals surface area contributed by atoms with Crippen molar-refractivity contribution in [2.75, 3.05) is 11.9 Å². The highest BCUT2D eigenvalue weighted by atomic mass is 79.9. The molecule has 3 nitrogen and oxygen atoms in total. The first-order valence-corrected chi connectivity index (χ1v) is 7.22. The Morgan fingerprint density at radius 1 is 1.29 bits per heavy atom. The van der Waals surface area contributed by atoms with E-state index in [1.54, 1.807) is 0 Å². The van der Waals surface area contributed by atoms with Gasteiger partial charge in [-0.25, -0.2) is 0 Å². The van der Waals surface area contributed by atoms with E-state index in [4.69, 9.17) is 0 Å². The molecule has 1 aromatic rings. The van der Waals surface area contributed by atoms with E-state index in [9.17, 15) is 4.79 Å².